The molecule has 1 aromatic carbocycles. The maximum atomic E-state index is 13.3. The minimum Gasteiger partial charge on any atom is -0.383 e. The molecule has 5 heteroatoms. The van der Waals surface area contributed by atoms with Crippen molar-refractivity contribution < 1.29 is 4.39 Å². The van der Waals surface area contributed by atoms with E-state index in [-0.39, 0.29) is 11.2 Å². The van der Waals surface area contributed by atoms with Crippen LogP contribution in [0.15, 0.2) is 18.2 Å². The fraction of sp³-hybridized carbons (Fsp3) is 0.375. The summed E-state index contributed by atoms with van der Waals surface area (Å²) in [6, 6.07) is 4.85. The van der Waals surface area contributed by atoms with Gasteiger partial charge in [-0.3, -0.25) is 0 Å². The molecule has 0 amide bonds. The van der Waals surface area contributed by atoms with Gasteiger partial charge in [0, 0.05) is 16.7 Å². The molecular formula is C16H21FN4. The largest absolute Gasteiger partial charge is 0.383 e. The van der Waals surface area contributed by atoms with Crippen LogP contribution in [0.2, 0.25) is 0 Å². The zero-order chi connectivity index (χ0) is 15.8. The number of nitrogens with two attached hydrogens (primary N) is 1. The monoisotopic (exact) mass is 288 g/mol. The molecule has 4 nitrogen and oxygen atoms in total. The average molecular weight is 288 g/mol. The van der Waals surface area contributed by atoms with Crippen LogP contribution in [0.3, 0.4) is 0 Å². The number of rotatable bonds is 2. The molecule has 0 aliphatic heterocycles. The van der Waals surface area contributed by atoms with E-state index in [0.29, 0.717) is 23.0 Å². The van der Waals surface area contributed by atoms with E-state index < -0.39 is 0 Å². The average Bonchev–Trinajstić information content (AvgIpc) is 2.38. The summed E-state index contributed by atoms with van der Waals surface area (Å²) >= 11 is 0. The Kier molecular flexibility index (Phi) is 3.85. The number of halogens is 1. The van der Waals surface area contributed by atoms with Gasteiger partial charge in [0.2, 0.25) is 0 Å². The highest BCUT2D eigenvalue weighted by atomic mass is 19.1. The first-order valence-corrected chi connectivity index (χ1v) is 6.86. The zero-order valence-corrected chi connectivity index (χ0v) is 13.1. The van der Waals surface area contributed by atoms with Crippen molar-refractivity contribution in [3.8, 4) is 0 Å². The van der Waals surface area contributed by atoms with Crippen LogP contribution in [0, 0.1) is 19.7 Å². The highest BCUT2D eigenvalue weighted by Crippen LogP contribution is 2.27. The molecule has 2 rings (SSSR count). The number of nitrogens with one attached hydrogen (secondary N) is 1. The SMILES string of the molecule is Cc1cc(Nc2nc(C(C)(C)C)nc(N)c2C)ccc1F. The second-order valence-electron chi connectivity index (χ2n) is 6.25. The molecular weight excluding hydrogens is 267 g/mol. The lowest BCUT2D eigenvalue weighted by Crippen LogP contribution is -2.18. The number of aromatic nitrogens is 2. The van der Waals surface area contributed by atoms with E-state index in [4.69, 9.17) is 5.73 Å². The number of nitrogen functional groups attached to an aromatic ring is 1. The van der Waals surface area contributed by atoms with Crippen molar-refractivity contribution in [2.75, 3.05) is 11.1 Å². The van der Waals surface area contributed by atoms with Gasteiger partial charge in [-0.05, 0) is 37.6 Å². The fourth-order valence-corrected chi connectivity index (χ4v) is 1.85. The molecule has 0 aliphatic rings. The molecule has 0 unspecified atom stereocenters. The van der Waals surface area contributed by atoms with E-state index in [1.165, 1.54) is 6.07 Å². The van der Waals surface area contributed by atoms with Gasteiger partial charge in [0.1, 0.15) is 23.3 Å². The maximum absolute atomic E-state index is 13.3. The Bertz CT molecular complexity index is 675. The van der Waals surface area contributed by atoms with E-state index in [9.17, 15) is 4.39 Å². The predicted molar refractivity (Wildman–Crippen MR) is 84.3 cm³/mol. The summed E-state index contributed by atoms with van der Waals surface area (Å²) in [4.78, 5) is 8.90. The molecule has 1 aromatic heterocycles. The topological polar surface area (TPSA) is 63.8 Å². The van der Waals surface area contributed by atoms with E-state index in [1.807, 2.05) is 27.7 Å². The molecule has 0 saturated carbocycles. The quantitative estimate of drug-likeness (QED) is 0.881. The molecule has 1 heterocycles. The van der Waals surface area contributed by atoms with Crippen molar-refractivity contribution in [3.05, 3.63) is 41.0 Å². The van der Waals surface area contributed by atoms with Crippen LogP contribution in [0.4, 0.5) is 21.7 Å². The summed E-state index contributed by atoms with van der Waals surface area (Å²) in [5.74, 6) is 1.55. The Hall–Kier alpha value is -2.17. The van der Waals surface area contributed by atoms with Crippen molar-refractivity contribution in [2.45, 2.75) is 40.0 Å². The van der Waals surface area contributed by atoms with E-state index in [2.05, 4.69) is 15.3 Å². The van der Waals surface area contributed by atoms with Crippen LogP contribution in [0.25, 0.3) is 0 Å². The second-order valence-corrected chi connectivity index (χ2v) is 6.25. The van der Waals surface area contributed by atoms with Gasteiger partial charge in [-0.25, -0.2) is 14.4 Å². The molecule has 0 saturated heterocycles. The van der Waals surface area contributed by atoms with Crippen molar-refractivity contribution in [1.82, 2.24) is 9.97 Å². The summed E-state index contributed by atoms with van der Waals surface area (Å²) in [5.41, 5.74) is 7.91. The Labute approximate surface area is 124 Å². The van der Waals surface area contributed by atoms with Crippen molar-refractivity contribution >= 4 is 17.3 Å². The molecule has 0 aliphatic carbocycles. The number of aryl methyl sites for hydroxylation is 1. The van der Waals surface area contributed by atoms with Crippen LogP contribution in [-0.2, 0) is 5.41 Å². The first-order valence-electron chi connectivity index (χ1n) is 6.86. The lowest BCUT2D eigenvalue weighted by atomic mass is 9.95. The summed E-state index contributed by atoms with van der Waals surface area (Å²) in [6.07, 6.45) is 0. The van der Waals surface area contributed by atoms with Crippen LogP contribution in [0.1, 0.15) is 37.7 Å². The molecule has 0 bridgehead atoms. The number of nitrogens with zero attached hydrogens (tertiary/aromatic N) is 2. The Morgan fingerprint density at radius 1 is 1.14 bits per heavy atom. The van der Waals surface area contributed by atoms with Gasteiger partial charge in [-0.2, -0.15) is 0 Å². The van der Waals surface area contributed by atoms with Gasteiger partial charge in [0.15, 0.2) is 0 Å². The summed E-state index contributed by atoms with van der Waals surface area (Å²) < 4.78 is 13.3. The van der Waals surface area contributed by atoms with Gasteiger partial charge >= 0.3 is 0 Å². The number of anilines is 3. The first-order chi connectivity index (χ1) is 9.68. The van der Waals surface area contributed by atoms with Gasteiger partial charge < -0.3 is 11.1 Å². The van der Waals surface area contributed by atoms with Crippen LogP contribution >= 0.6 is 0 Å². The van der Waals surface area contributed by atoms with E-state index in [0.717, 1.165) is 11.3 Å². The Morgan fingerprint density at radius 3 is 2.38 bits per heavy atom. The molecule has 2 aromatic rings. The third-order valence-electron chi connectivity index (χ3n) is 3.27. The highest BCUT2D eigenvalue weighted by molar-refractivity contribution is 5.64. The van der Waals surface area contributed by atoms with Gasteiger partial charge in [0.05, 0.1) is 0 Å². The lowest BCUT2D eigenvalue weighted by molar-refractivity contribution is 0.546. The van der Waals surface area contributed by atoms with Gasteiger partial charge in [-0.15, -0.1) is 0 Å². The highest BCUT2D eigenvalue weighted by Gasteiger charge is 2.20. The summed E-state index contributed by atoms with van der Waals surface area (Å²) in [7, 11) is 0. The number of hydrogen-bond donors (Lipinski definition) is 2. The molecule has 21 heavy (non-hydrogen) atoms. The Balaban J connectivity index is 2.43. The minimum atomic E-state index is -0.227. The summed E-state index contributed by atoms with van der Waals surface area (Å²) in [6.45, 7) is 9.68. The molecule has 112 valence electrons. The standard InChI is InChI=1S/C16H21FN4/c1-9-8-11(6-7-12(9)17)19-14-10(2)13(18)20-15(21-14)16(3,4)5/h6-8H,1-5H3,(H3,18,19,20,21). The van der Waals surface area contributed by atoms with Gasteiger partial charge in [-0.1, -0.05) is 20.8 Å². The van der Waals surface area contributed by atoms with Crippen LogP contribution < -0.4 is 11.1 Å². The molecule has 0 spiro atoms. The third kappa shape index (κ3) is 3.29. The molecule has 3 N–H and O–H groups in total. The maximum Gasteiger partial charge on any atom is 0.139 e. The molecule has 0 fully saturated rings. The number of hydrogen-bond acceptors (Lipinski definition) is 4. The smallest absolute Gasteiger partial charge is 0.139 e. The molecule has 0 atom stereocenters. The van der Waals surface area contributed by atoms with Crippen molar-refractivity contribution in [3.63, 3.8) is 0 Å². The second kappa shape index (κ2) is 5.31. The molecule has 0 radical (unpaired) electrons. The normalized spacial score (nSPS) is 11.5. The third-order valence-corrected chi connectivity index (χ3v) is 3.27. The van der Waals surface area contributed by atoms with E-state index in [1.54, 1.807) is 19.1 Å². The summed E-state index contributed by atoms with van der Waals surface area (Å²) in [5, 5.41) is 3.20. The van der Waals surface area contributed by atoms with Crippen molar-refractivity contribution in [1.29, 1.82) is 0 Å². The Morgan fingerprint density at radius 2 is 1.81 bits per heavy atom. The van der Waals surface area contributed by atoms with Gasteiger partial charge in [0.25, 0.3) is 0 Å². The predicted octanol–water partition coefficient (Wildman–Crippen LogP) is 3.86. The van der Waals surface area contributed by atoms with Crippen molar-refractivity contribution in [2.24, 2.45) is 0 Å². The zero-order valence-electron chi connectivity index (χ0n) is 13.1. The fourth-order valence-electron chi connectivity index (χ4n) is 1.85. The minimum absolute atomic E-state index is 0.197. The van der Waals surface area contributed by atoms with Crippen LogP contribution in [-0.4, -0.2) is 9.97 Å². The number of benzene rings is 1. The van der Waals surface area contributed by atoms with Crippen LogP contribution in [0.5, 0.6) is 0 Å². The van der Waals surface area contributed by atoms with E-state index >= 15 is 0 Å². The first kappa shape index (κ1) is 15.2. The lowest BCUT2D eigenvalue weighted by Gasteiger charge is -2.20.